The molecule has 8 nitrogen and oxygen atoms in total. The van der Waals surface area contributed by atoms with Crippen molar-refractivity contribution in [3.63, 3.8) is 0 Å². The lowest BCUT2D eigenvalue weighted by Gasteiger charge is -2.29. The number of aliphatic hydroxyl groups excluding tert-OH is 1. The monoisotopic (exact) mass is 1170 g/mol. The Labute approximate surface area is 512 Å². The molecule has 2 N–H and O–H groups in total. The maximum Gasteiger partial charge on any atom is 0.268 e. The average molecular weight is 1170 g/mol. The van der Waals surface area contributed by atoms with Crippen molar-refractivity contribution in [2.45, 2.75) is 276 Å². The molecule has 83 heavy (non-hydrogen) atoms. The summed E-state index contributed by atoms with van der Waals surface area (Å²) in [7, 11) is 1.20. The first-order valence-electron chi connectivity index (χ1n) is 33.7. The Balaban J connectivity index is 4.30. The van der Waals surface area contributed by atoms with E-state index in [4.69, 9.17) is 9.05 Å². The van der Waals surface area contributed by atoms with E-state index in [1.165, 1.54) is 141 Å². The van der Waals surface area contributed by atoms with E-state index in [0.29, 0.717) is 17.4 Å². The predicted octanol–water partition coefficient (Wildman–Crippen LogP) is 21.0. The van der Waals surface area contributed by atoms with Crippen LogP contribution in [0.25, 0.3) is 0 Å². The number of amides is 1. The molecule has 9 heteroatoms. The molecule has 0 saturated heterocycles. The molecule has 474 valence electrons. The van der Waals surface area contributed by atoms with Crippen LogP contribution in [-0.4, -0.2) is 68.5 Å². The van der Waals surface area contributed by atoms with Crippen LogP contribution in [0.2, 0.25) is 0 Å². The van der Waals surface area contributed by atoms with Crippen LogP contribution in [-0.2, 0) is 18.4 Å². The average Bonchev–Trinajstić information content (AvgIpc) is 3.49. The summed E-state index contributed by atoms with van der Waals surface area (Å²) >= 11 is 0. The quantitative estimate of drug-likeness (QED) is 0.0272. The van der Waals surface area contributed by atoms with Crippen LogP contribution < -0.4 is 10.2 Å². The number of hydrogen-bond donors (Lipinski definition) is 2. The minimum atomic E-state index is -4.64. The fraction of sp³-hybridized carbons (Fsp3) is 0.662. The van der Waals surface area contributed by atoms with Crippen molar-refractivity contribution >= 4 is 13.7 Å². The van der Waals surface area contributed by atoms with Crippen molar-refractivity contribution in [1.29, 1.82) is 0 Å². The van der Waals surface area contributed by atoms with Crippen molar-refractivity contribution in [2.24, 2.45) is 0 Å². The fourth-order valence-corrected chi connectivity index (χ4v) is 9.80. The van der Waals surface area contributed by atoms with Gasteiger partial charge in [-0.1, -0.05) is 295 Å². The molecule has 0 bridgehead atoms. The maximum atomic E-state index is 13.0. The maximum absolute atomic E-state index is 13.0. The summed E-state index contributed by atoms with van der Waals surface area (Å²) < 4.78 is 23.4. The molecule has 0 aromatic heterocycles. The number of rotatable bonds is 60. The highest BCUT2D eigenvalue weighted by Crippen LogP contribution is 2.38. The fourth-order valence-electron chi connectivity index (χ4n) is 9.08. The van der Waals surface area contributed by atoms with Crippen LogP contribution in [0.4, 0.5) is 0 Å². The summed E-state index contributed by atoms with van der Waals surface area (Å²) in [5, 5.41) is 13.9. The van der Waals surface area contributed by atoms with Gasteiger partial charge in [-0.05, 0) is 109 Å². The lowest BCUT2D eigenvalue weighted by atomic mass is 10.0. The lowest BCUT2D eigenvalue weighted by molar-refractivity contribution is -0.870. The Morgan fingerprint density at radius 2 is 0.747 bits per heavy atom. The topological polar surface area (TPSA) is 108 Å². The molecule has 3 atom stereocenters. The number of nitrogens with zero attached hydrogens (tertiary/aromatic N) is 1. The molecule has 0 heterocycles. The van der Waals surface area contributed by atoms with Gasteiger partial charge in [0, 0.05) is 6.42 Å². The van der Waals surface area contributed by atoms with Gasteiger partial charge in [-0.3, -0.25) is 9.36 Å². The van der Waals surface area contributed by atoms with Gasteiger partial charge in [-0.25, -0.2) is 0 Å². The van der Waals surface area contributed by atoms with E-state index in [1.54, 1.807) is 6.08 Å². The number of hydrogen-bond acceptors (Lipinski definition) is 6. The van der Waals surface area contributed by atoms with Crippen LogP contribution in [0.15, 0.2) is 146 Å². The Morgan fingerprint density at radius 1 is 0.434 bits per heavy atom. The van der Waals surface area contributed by atoms with E-state index in [9.17, 15) is 19.4 Å². The highest BCUT2D eigenvalue weighted by atomic mass is 31.2. The lowest BCUT2D eigenvalue weighted by Crippen LogP contribution is -2.45. The summed E-state index contributed by atoms with van der Waals surface area (Å²) in [6.07, 6.45) is 96.8. The summed E-state index contributed by atoms with van der Waals surface area (Å²) in [6.45, 7) is 4.49. The highest BCUT2D eigenvalue weighted by molar-refractivity contribution is 7.45. The summed E-state index contributed by atoms with van der Waals surface area (Å²) in [6, 6.07) is -0.940. The number of nitrogens with one attached hydrogen (secondary N) is 1. The largest absolute Gasteiger partial charge is 0.756 e. The number of carbonyl (C=O) groups is 1. The molecule has 0 rings (SSSR count). The second kappa shape index (κ2) is 62.9. The van der Waals surface area contributed by atoms with Crippen molar-refractivity contribution in [3.8, 4) is 0 Å². The minimum Gasteiger partial charge on any atom is -0.756 e. The van der Waals surface area contributed by atoms with Crippen molar-refractivity contribution in [3.05, 3.63) is 146 Å². The number of allylic oxidation sites excluding steroid dienone is 23. The van der Waals surface area contributed by atoms with Gasteiger partial charge < -0.3 is 28.8 Å². The molecule has 0 saturated carbocycles. The van der Waals surface area contributed by atoms with Crippen molar-refractivity contribution in [1.82, 2.24) is 5.32 Å². The number of carbonyl (C=O) groups excluding carboxylic acids is 1. The van der Waals surface area contributed by atoms with E-state index >= 15 is 0 Å². The summed E-state index contributed by atoms with van der Waals surface area (Å²) in [4.78, 5) is 25.6. The van der Waals surface area contributed by atoms with Crippen LogP contribution in [0.5, 0.6) is 0 Å². The molecule has 0 fully saturated rings. The number of likely N-dealkylation sites (N-methyl/N-ethyl adjacent to an activating group) is 1. The zero-order valence-corrected chi connectivity index (χ0v) is 55.0. The third-order valence-corrected chi connectivity index (χ3v) is 15.2. The second-order valence-electron chi connectivity index (χ2n) is 23.4. The zero-order chi connectivity index (χ0) is 60.5. The molecular formula is C74H127N2O6P. The summed E-state index contributed by atoms with van der Waals surface area (Å²) in [5.74, 6) is -0.253. The molecule has 0 aromatic rings. The third-order valence-electron chi connectivity index (χ3n) is 14.3. The van der Waals surface area contributed by atoms with E-state index in [0.717, 1.165) is 96.3 Å². The second-order valence-corrected chi connectivity index (χ2v) is 24.8. The standard InChI is InChI=1S/C74H127N2O6P/c1-6-8-10-12-14-16-18-20-22-24-26-28-30-32-34-36-37-38-39-40-42-44-46-48-50-52-54-56-58-60-62-64-66-68-74(78)75-72(71-82-83(79,80)81-70-69-76(3,4)5)73(77)67-65-63-61-59-57-55-53-51-49-47-45-43-41-35-33-31-29-27-25-23-21-19-17-15-13-11-9-7-2/h8,10,14,16,20,22,26,28,32,34,37-38,40,42,46,48,52,54,57-60,65,67,72-73,77H,6-7,9,11-13,15,17-19,21,23-25,27,29-31,33,35-36,39,41,43-45,47,49-51,53,55-56,61-64,66,68-71H2,1-5H3,(H-,75,78,79,80)/b10-8-,16-14-,22-20-,28-26-,34-32-,38-37-,42-40-,48-46-,54-52-,59-57+,60-58-,67-65+. The van der Waals surface area contributed by atoms with Gasteiger partial charge in [0.25, 0.3) is 7.82 Å². The molecule has 0 aliphatic rings. The van der Waals surface area contributed by atoms with Gasteiger partial charge in [0.05, 0.1) is 39.9 Å². The van der Waals surface area contributed by atoms with Gasteiger partial charge in [0.1, 0.15) is 13.2 Å². The third kappa shape index (κ3) is 65.8. The first kappa shape index (κ1) is 79.4. The van der Waals surface area contributed by atoms with Gasteiger partial charge in [0.2, 0.25) is 5.91 Å². The number of phosphoric ester groups is 1. The first-order valence-corrected chi connectivity index (χ1v) is 35.2. The van der Waals surface area contributed by atoms with E-state index < -0.39 is 26.6 Å². The Hall–Kier alpha value is -3.62. The van der Waals surface area contributed by atoms with Crippen LogP contribution >= 0.6 is 7.82 Å². The molecule has 0 spiro atoms. The van der Waals surface area contributed by atoms with Gasteiger partial charge in [0.15, 0.2) is 0 Å². The van der Waals surface area contributed by atoms with E-state index in [-0.39, 0.29) is 18.9 Å². The Morgan fingerprint density at radius 3 is 1.12 bits per heavy atom. The minimum absolute atomic E-state index is 0.0231. The molecule has 0 aliphatic carbocycles. The van der Waals surface area contributed by atoms with E-state index in [1.807, 2.05) is 27.2 Å². The molecule has 3 unspecified atom stereocenters. The Kier molecular flexibility index (Phi) is 60.2. The van der Waals surface area contributed by atoms with Gasteiger partial charge in [-0.15, -0.1) is 0 Å². The SMILES string of the molecule is CC/C=C\C/C=C\C/C=C\C/C=C\C/C=C\C/C=C\C/C=C\C/C=C\C/C=C\C/C=C\CCCCC(=O)NC(COP(=O)([O-])OCC[N+](C)(C)C)C(O)/C=C/CC/C=C/CCCCCCCCCCCCCCCCCCCCCCCC. The van der Waals surface area contributed by atoms with Crippen LogP contribution in [0.3, 0.4) is 0 Å². The molecule has 0 aliphatic heterocycles. The number of quaternary nitrogens is 1. The smallest absolute Gasteiger partial charge is 0.268 e. The summed E-state index contributed by atoms with van der Waals surface area (Å²) in [5.41, 5.74) is 0. The number of aliphatic hydroxyl groups is 1. The van der Waals surface area contributed by atoms with Crippen LogP contribution in [0, 0.1) is 0 Å². The first-order chi connectivity index (χ1) is 40.5. The van der Waals surface area contributed by atoms with Gasteiger partial charge in [-0.2, -0.15) is 0 Å². The number of phosphoric acid groups is 1. The normalized spacial score (nSPS) is 14.6. The number of unbranched alkanes of at least 4 members (excludes halogenated alkanes) is 25. The van der Waals surface area contributed by atoms with Crippen molar-refractivity contribution < 1.29 is 32.9 Å². The predicted molar refractivity (Wildman–Crippen MR) is 361 cm³/mol. The van der Waals surface area contributed by atoms with E-state index in [2.05, 4.69) is 153 Å². The molecule has 0 aromatic carbocycles. The van der Waals surface area contributed by atoms with Gasteiger partial charge >= 0.3 is 0 Å². The van der Waals surface area contributed by atoms with Crippen LogP contribution in [0.1, 0.15) is 264 Å². The molecular weight excluding hydrogens is 1040 g/mol. The Bertz CT molecular complexity index is 1860. The zero-order valence-electron chi connectivity index (χ0n) is 54.1. The highest BCUT2D eigenvalue weighted by Gasteiger charge is 2.23. The molecule has 1 amide bonds. The molecule has 0 radical (unpaired) electrons. The van der Waals surface area contributed by atoms with Crippen molar-refractivity contribution in [2.75, 3.05) is 40.9 Å².